The minimum Gasteiger partial charge on any atom is -0.398 e. The molecule has 2 aromatic heterocycles. The van der Waals surface area contributed by atoms with Crippen molar-refractivity contribution in [2.45, 2.75) is 32.2 Å². The van der Waals surface area contributed by atoms with E-state index in [2.05, 4.69) is 47.6 Å². The predicted octanol–water partition coefficient (Wildman–Crippen LogP) is 8.39. The largest absolute Gasteiger partial charge is 0.398 e. The summed E-state index contributed by atoms with van der Waals surface area (Å²) in [4.78, 5) is 16.9. The molecule has 1 saturated carbocycles. The molecule has 0 bridgehead atoms. The summed E-state index contributed by atoms with van der Waals surface area (Å²) in [5.74, 6) is 0.960. The van der Waals surface area contributed by atoms with E-state index in [-0.39, 0.29) is 5.91 Å². The number of thioether (sulfide) groups is 1. The lowest BCUT2D eigenvalue weighted by Crippen LogP contribution is -2.08. The van der Waals surface area contributed by atoms with Gasteiger partial charge in [0.15, 0.2) is 0 Å². The molecule has 0 atom stereocenters. The molecule has 1 aliphatic carbocycles. The zero-order valence-corrected chi connectivity index (χ0v) is 24.5. The molecule has 4 aromatic rings. The molecular weight excluding hydrogens is 541 g/mol. The number of fused-ring (bicyclic) bond motifs is 1. The maximum Gasteiger partial charge on any atom is 0.247 e. The minimum atomic E-state index is -0.298. The molecule has 0 unspecified atom stereocenters. The van der Waals surface area contributed by atoms with Crippen LogP contribution in [0.5, 0.6) is 0 Å². The van der Waals surface area contributed by atoms with Crippen LogP contribution in [0.3, 0.4) is 0 Å². The van der Waals surface area contributed by atoms with Gasteiger partial charge in [0.1, 0.15) is 0 Å². The lowest BCUT2D eigenvalue weighted by atomic mass is 10.0. The number of nitrogens with one attached hydrogen (secondary N) is 3. The van der Waals surface area contributed by atoms with E-state index in [1.807, 2.05) is 54.4 Å². The Morgan fingerprint density at radius 1 is 1.08 bits per heavy atom. The lowest BCUT2D eigenvalue weighted by Gasteiger charge is -2.11. The van der Waals surface area contributed by atoms with Crippen molar-refractivity contribution < 1.29 is 4.79 Å². The van der Waals surface area contributed by atoms with Crippen LogP contribution in [0.15, 0.2) is 73.3 Å². The average molecular weight is 575 g/mol. The number of anilines is 2. The summed E-state index contributed by atoms with van der Waals surface area (Å²) in [6.07, 6.45) is 10.5. The van der Waals surface area contributed by atoms with E-state index in [1.54, 1.807) is 17.4 Å². The zero-order chi connectivity index (χ0) is 27.6. The van der Waals surface area contributed by atoms with Crippen LogP contribution < -0.4 is 16.4 Å². The van der Waals surface area contributed by atoms with Gasteiger partial charge in [-0.15, -0.1) is 34.4 Å². The molecule has 1 fully saturated rings. The summed E-state index contributed by atoms with van der Waals surface area (Å²) in [5, 5.41) is 14.6. The maximum absolute atomic E-state index is 11.5. The topological polar surface area (TPSA) is 91.0 Å². The van der Waals surface area contributed by atoms with Crippen LogP contribution in [0, 0.1) is 5.41 Å². The van der Waals surface area contributed by atoms with E-state index < -0.39 is 0 Å². The van der Waals surface area contributed by atoms with Crippen molar-refractivity contribution in [1.82, 2.24) is 5.32 Å². The SMILES string of the molecule is C1CC1.C=CC(=O)Nc1cc(C=N)c(N)c(-c2cc3ccccc3s2)c1.CNCc1ccc(C2=CCCS2)s1. The second kappa shape index (κ2) is 14.3. The first-order valence-corrected chi connectivity index (χ1v) is 15.6. The second-order valence-electron chi connectivity index (χ2n) is 9.08. The first kappa shape index (κ1) is 28.8. The van der Waals surface area contributed by atoms with Crippen LogP contribution in [0.2, 0.25) is 0 Å². The Labute approximate surface area is 242 Å². The van der Waals surface area contributed by atoms with Crippen molar-refractivity contribution in [3.8, 4) is 10.4 Å². The van der Waals surface area contributed by atoms with Gasteiger partial charge in [-0.25, -0.2) is 0 Å². The van der Waals surface area contributed by atoms with Gasteiger partial charge in [-0.05, 0) is 61.3 Å². The van der Waals surface area contributed by atoms with Gasteiger partial charge in [0.05, 0.1) is 0 Å². The Bertz CT molecular complexity index is 1450. The fourth-order valence-electron chi connectivity index (χ4n) is 3.75. The standard InChI is InChI=1S/C18H15N3OS.C10H13NS2.C3H6/c1-2-17(22)21-13-7-12(10-19)18(20)14(9-13)16-8-11-5-3-4-6-15(11)23-16;1-11-7-8-4-5-10(13-8)9-3-2-6-12-9;1-2-3-1/h2-10,19H,1,20H2,(H,21,22);3-5,11H,2,6-7H2,1H3;1-3H2. The number of carbonyl (C=O) groups is 1. The third-order valence-electron chi connectivity index (χ3n) is 5.83. The molecule has 8 heteroatoms. The first-order chi connectivity index (χ1) is 19.0. The summed E-state index contributed by atoms with van der Waals surface area (Å²) in [6.45, 7) is 4.44. The van der Waals surface area contributed by atoms with E-state index in [4.69, 9.17) is 11.1 Å². The summed E-state index contributed by atoms with van der Waals surface area (Å²) in [7, 11) is 1.99. The van der Waals surface area contributed by atoms with Gasteiger partial charge in [-0.2, -0.15) is 0 Å². The van der Waals surface area contributed by atoms with E-state index in [0.29, 0.717) is 16.9 Å². The quantitative estimate of drug-likeness (QED) is 0.101. The van der Waals surface area contributed by atoms with E-state index >= 15 is 0 Å². The predicted molar refractivity (Wildman–Crippen MR) is 174 cm³/mol. The molecule has 0 spiro atoms. The molecule has 1 aliphatic heterocycles. The molecule has 202 valence electrons. The summed E-state index contributed by atoms with van der Waals surface area (Å²) in [6, 6.07) is 18.1. The molecule has 39 heavy (non-hydrogen) atoms. The van der Waals surface area contributed by atoms with Crippen LogP contribution in [-0.2, 0) is 11.3 Å². The van der Waals surface area contributed by atoms with Crippen LogP contribution in [0.1, 0.15) is 41.0 Å². The van der Waals surface area contributed by atoms with Gasteiger partial charge < -0.3 is 21.8 Å². The van der Waals surface area contributed by atoms with Gasteiger partial charge in [0, 0.05) is 65.3 Å². The molecule has 3 heterocycles. The van der Waals surface area contributed by atoms with Crippen molar-refractivity contribution >= 4 is 72.9 Å². The van der Waals surface area contributed by atoms with Gasteiger partial charge >= 0.3 is 0 Å². The van der Waals surface area contributed by atoms with E-state index in [0.717, 1.165) is 22.4 Å². The Hall–Kier alpha value is -3.17. The fourth-order valence-corrected chi connectivity index (χ4v) is 7.00. The number of carbonyl (C=O) groups excluding carboxylic acids is 1. The molecule has 5 nitrogen and oxygen atoms in total. The zero-order valence-electron chi connectivity index (χ0n) is 22.1. The average Bonchev–Trinajstić information content (AvgIpc) is 3.40. The third kappa shape index (κ3) is 8.16. The van der Waals surface area contributed by atoms with Crippen molar-refractivity contribution in [3.05, 3.63) is 88.6 Å². The number of rotatable bonds is 7. The third-order valence-corrected chi connectivity index (χ3v) is 9.36. The lowest BCUT2D eigenvalue weighted by molar-refractivity contribution is -0.111. The van der Waals surface area contributed by atoms with Gasteiger partial charge in [0.2, 0.25) is 5.91 Å². The Kier molecular flexibility index (Phi) is 10.6. The molecule has 2 aliphatic rings. The highest BCUT2D eigenvalue weighted by atomic mass is 32.2. The number of thiophene rings is 2. The summed E-state index contributed by atoms with van der Waals surface area (Å²) >= 11 is 5.51. The molecule has 6 rings (SSSR count). The smallest absolute Gasteiger partial charge is 0.247 e. The van der Waals surface area contributed by atoms with Crippen LogP contribution >= 0.6 is 34.4 Å². The van der Waals surface area contributed by atoms with Crippen molar-refractivity contribution in [1.29, 1.82) is 5.41 Å². The number of allylic oxidation sites excluding steroid dienone is 1. The highest BCUT2D eigenvalue weighted by Gasteiger charge is 2.13. The number of hydrogen-bond donors (Lipinski definition) is 4. The van der Waals surface area contributed by atoms with Crippen molar-refractivity contribution in [2.24, 2.45) is 0 Å². The second-order valence-corrected chi connectivity index (χ2v) is 12.5. The van der Waals surface area contributed by atoms with Crippen LogP contribution in [0.25, 0.3) is 25.4 Å². The number of hydrogen-bond acceptors (Lipinski definition) is 7. The summed E-state index contributed by atoms with van der Waals surface area (Å²) < 4.78 is 1.17. The normalized spacial score (nSPS) is 13.4. The number of nitrogens with two attached hydrogens (primary N) is 1. The molecule has 1 amide bonds. The number of nitrogen functional groups attached to an aromatic ring is 1. The minimum absolute atomic E-state index is 0.298. The molecule has 2 aromatic carbocycles. The maximum atomic E-state index is 11.5. The van der Waals surface area contributed by atoms with Crippen LogP contribution in [0.4, 0.5) is 11.4 Å². The number of amides is 1. The molecule has 5 N–H and O–H groups in total. The first-order valence-electron chi connectivity index (χ1n) is 13.0. The van der Waals surface area contributed by atoms with E-state index in [1.165, 1.54) is 63.1 Å². The van der Waals surface area contributed by atoms with Gasteiger partial charge in [0.25, 0.3) is 0 Å². The van der Waals surface area contributed by atoms with Gasteiger partial charge in [-0.3, -0.25) is 4.79 Å². The van der Waals surface area contributed by atoms with Crippen molar-refractivity contribution in [3.63, 3.8) is 0 Å². The highest BCUT2D eigenvalue weighted by Crippen LogP contribution is 2.39. The molecule has 0 saturated heterocycles. The summed E-state index contributed by atoms with van der Waals surface area (Å²) in [5.41, 5.74) is 8.71. The Morgan fingerprint density at radius 3 is 2.51 bits per heavy atom. The Balaban J connectivity index is 0.000000183. The Morgan fingerprint density at radius 2 is 1.87 bits per heavy atom. The monoisotopic (exact) mass is 574 g/mol. The van der Waals surface area contributed by atoms with Crippen molar-refractivity contribution in [2.75, 3.05) is 23.9 Å². The van der Waals surface area contributed by atoms with Gasteiger partial charge in [-0.1, -0.05) is 50.1 Å². The molecule has 0 radical (unpaired) electrons. The molecular formula is C31H34N4OS3. The van der Waals surface area contributed by atoms with E-state index in [9.17, 15) is 4.79 Å². The van der Waals surface area contributed by atoms with Crippen LogP contribution in [-0.4, -0.2) is 24.9 Å². The number of benzene rings is 2. The fraction of sp³-hybridized carbons (Fsp3) is 0.226. The highest BCUT2D eigenvalue weighted by molar-refractivity contribution is 8.08.